The Morgan fingerprint density at radius 3 is 2.62 bits per heavy atom. The SMILES string of the molecule is COc1ccc(Cc2cc(CO)no2)cc1. The van der Waals surface area contributed by atoms with Gasteiger partial charge in [0.05, 0.1) is 13.7 Å². The number of aromatic nitrogens is 1. The van der Waals surface area contributed by atoms with Crippen LogP contribution in [0, 0.1) is 0 Å². The summed E-state index contributed by atoms with van der Waals surface area (Å²) in [7, 11) is 1.64. The molecule has 16 heavy (non-hydrogen) atoms. The van der Waals surface area contributed by atoms with Crippen LogP contribution in [0.1, 0.15) is 17.0 Å². The fourth-order valence-corrected chi connectivity index (χ4v) is 1.46. The number of aliphatic hydroxyl groups excluding tert-OH is 1. The van der Waals surface area contributed by atoms with Crippen molar-refractivity contribution < 1.29 is 14.4 Å². The summed E-state index contributed by atoms with van der Waals surface area (Å²) >= 11 is 0. The van der Waals surface area contributed by atoms with Crippen LogP contribution >= 0.6 is 0 Å². The Morgan fingerprint density at radius 2 is 2.06 bits per heavy atom. The van der Waals surface area contributed by atoms with Crippen molar-refractivity contribution in [3.05, 3.63) is 47.3 Å². The quantitative estimate of drug-likeness (QED) is 0.851. The van der Waals surface area contributed by atoms with E-state index in [1.54, 1.807) is 13.2 Å². The summed E-state index contributed by atoms with van der Waals surface area (Å²) in [6.45, 7) is -0.0912. The number of aliphatic hydroxyl groups is 1. The molecule has 1 aromatic carbocycles. The molecule has 4 nitrogen and oxygen atoms in total. The van der Waals surface area contributed by atoms with E-state index >= 15 is 0 Å². The second-order valence-corrected chi connectivity index (χ2v) is 3.47. The van der Waals surface area contributed by atoms with Gasteiger partial charge in [-0.3, -0.25) is 0 Å². The molecule has 2 rings (SSSR count). The van der Waals surface area contributed by atoms with Crippen LogP contribution in [-0.4, -0.2) is 17.4 Å². The highest BCUT2D eigenvalue weighted by Gasteiger charge is 2.04. The van der Waals surface area contributed by atoms with Gasteiger partial charge in [-0.2, -0.15) is 0 Å². The lowest BCUT2D eigenvalue weighted by molar-refractivity contribution is 0.265. The number of nitrogens with zero attached hydrogens (tertiary/aromatic N) is 1. The molecule has 1 N–H and O–H groups in total. The van der Waals surface area contributed by atoms with Crippen LogP contribution in [0.2, 0.25) is 0 Å². The minimum atomic E-state index is -0.0912. The zero-order chi connectivity index (χ0) is 11.4. The summed E-state index contributed by atoms with van der Waals surface area (Å²) < 4.78 is 10.1. The van der Waals surface area contributed by atoms with Gasteiger partial charge in [0.25, 0.3) is 0 Å². The normalized spacial score (nSPS) is 10.4. The maximum absolute atomic E-state index is 8.85. The van der Waals surface area contributed by atoms with E-state index in [-0.39, 0.29) is 6.61 Å². The average Bonchev–Trinajstić information content (AvgIpc) is 2.78. The first-order chi connectivity index (χ1) is 7.81. The molecule has 0 aliphatic rings. The molecule has 0 amide bonds. The Balaban J connectivity index is 2.08. The van der Waals surface area contributed by atoms with E-state index in [1.165, 1.54) is 0 Å². The second-order valence-electron chi connectivity index (χ2n) is 3.47. The zero-order valence-electron chi connectivity index (χ0n) is 9.01. The molecule has 0 unspecified atom stereocenters. The highest BCUT2D eigenvalue weighted by Crippen LogP contribution is 2.15. The van der Waals surface area contributed by atoms with Crippen molar-refractivity contribution in [1.29, 1.82) is 0 Å². The Labute approximate surface area is 93.5 Å². The van der Waals surface area contributed by atoms with Crippen molar-refractivity contribution >= 4 is 0 Å². The van der Waals surface area contributed by atoms with Gasteiger partial charge in [-0.05, 0) is 17.7 Å². The van der Waals surface area contributed by atoms with Gasteiger partial charge in [0.1, 0.15) is 17.2 Å². The minimum Gasteiger partial charge on any atom is -0.497 e. The molecule has 0 saturated carbocycles. The fraction of sp³-hybridized carbons (Fsp3) is 0.250. The minimum absolute atomic E-state index is 0.0912. The average molecular weight is 219 g/mol. The molecule has 0 aliphatic heterocycles. The van der Waals surface area contributed by atoms with Crippen molar-refractivity contribution in [3.8, 4) is 5.75 Å². The van der Waals surface area contributed by atoms with E-state index in [1.807, 2.05) is 24.3 Å². The first-order valence-electron chi connectivity index (χ1n) is 5.00. The Bertz CT molecular complexity index is 448. The molecule has 0 fully saturated rings. The predicted octanol–water partition coefficient (Wildman–Crippen LogP) is 1.77. The van der Waals surface area contributed by atoms with Gasteiger partial charge >= 0.3 is 0 Å². The van der Waals surface area contributed by atoms with Crippen molar-refractivity contribution in [2.45, 2.75) is 13.0 Å². The molecule has 0 atom stereocenters. The van der Waals surface area contributed by atoms with Gasteiger partial charge < -0.3 is 14.4 Å². The smallest absolute Gasteiger partial charge is 0.141 e. The highest BCUT2D eigenvalue weighted by molar-refractivity contribution is 5.29. The van der Waals surface area contributed by atoms with Gasteiger partial charge in [0.15, 0.2) is 0 Å². The van der Waals surface area contributed by atoms with Crippen LogP contribution in [0.15, 0.2) is 34.9 Å². The van der Waals surface area contributed by atoms with Crippen LogP contribution < -0.4 is 4.74 Å². The van der Waals surface area contributed by atoms with Gasteiger partial charge in [-0.25, -0.2) is 0 Å². The van der Waals surface area contributed by atoms with E-state index in [0.717, 1.165) is 17.1 Å². The molecule has 84 valence electrons. The summed E-state index contributed by atoms with van der Waals surface area (Å²) in [6, 6.07) is 9.50. The van der Waals surface area contributed by atoms with E-state index in [0.29, 0.717) is 12.1 Å². The number of methoxy groups -OCH3 is 1. The maximum atomic E-state index is 8.85. The van der Waals surface area contributed by atoms with E-state index < -0.39 is 0 Å². The lowest BCUT2D eigenvalue weighted by Crippen LogP contribution is -1.87. The van der Waals surface area contributed by atoms with Crippen molar-refractivity contribution in [3.63, 3.8) is 0 Å². The number of hydrogen-bond acceptors (Lipinski definition) is 4. The molecule has 0 saturated heterocycles. The number of hydrogen-bond donors (Lipinski definition) is 1. The lowest BCUT2D eigenvalue weighted by atomic mass is 10.1. The monoisotopic (exact) mass is 219 g/mol. The Hall–Kier alpha value is -1.81. The van der Waals surface area contributed by atoms with Crippen LogP contribution in [0.5, 0.6) is 5.75 Å². The van der Waals surface area contributed by atoms with E-state index in [2.05, 4.69) is 5.16 Å². The van der Waals surface area contributed by atoms with Gasteiger partial charge in [0, 0.05) is 12.5 Å². The Morgan fingerprint density at radius 1 is 1.31 bits per heavy atom. The highest BCUT2D eigenvalue weighted by atomic mass is 16.5. The Kier molecular flexibility index (Phi) is 3.22. The van der Waals surface area contributed by atoms with Crippen LogP contribution in [0.25, 0.3) is 0 Å². The number of rotatable bonds is 4. The van der Waals surface area contributed by atoms with Crippen LogP contribution in [0.4, 0.5) is 0 Å². The predicted molar refractivity (Wildman–Crippen MR) is 58.2 cm³/mol. The number of benzene rings is 1. The molecule has 0 aliphatic carbocycles. The molecule has 1 heterocycles. The van der Waals surface area contributed by atoms with Gasteiger partial charge in [-0.15, -0.1) is 0 Å². The second kappa shape index (κ2) is 4.81. The largest absolute Gasteiger partial charge is 0.497 e. The summed E-state index contributed by atoms with van der Waals surface area (Å²) in [4.78, 5) is 0. The van der Waals surface area contributed by atoms with Crippen LogP contribution in [-0.2, 0) is 13.0 Å². The third-order valence-electron chi connectivity index (χ3n) is 2.31. The maximum Gasteiger partial charge on any atom is 0.141 e. The van der Waals surface area contributed by atoms with Gasteiger partial charge in [0.2, 0.25) is 0 Å². The molecular weight excluding hydrogens is 206 g/mol. The summed E-state index contributed by atoms with van der Waals surface area (Å²) in [5, 5.41) is 12.6. The standard InChI is InChI=1S/C12H13NO3/c1-15-11-4-2-9(3-5-11)6-12-7-10(8-14)13-16-12/h2-5,7,14H,6,8H2,1H3. The molecule has 0 radical (unpaired) electrons. The third-order valence-corrected chi connectivity index (χ3v) is 2.31. The topological polar surface area (TPSA) is 55.5 Å². The van der Waals surface area contributed by atoms with Crippen molar-refractivity contribution in [1.82, 2.24) is 5.16 Å². The fourth-order valence-electron chi connectivity index (χ4n) is 1.46. The third kappa shape index (κ3) is 2.41. The molecule has 1 aromatic heterocycles. The summed E-state index contributed by atoms with van der Waals surface area (Å²) in [5.74, 6) is 1.58. The molecule has 0 bridgehead atoms. The van der Waals surface area contributed by atoms with Gasteiger partial charge in [-0.1, -0.05) is 17.3 Å². The molecule has 0 spiro atoms. The summed E-state index contributed by atoms with van der Waals surface area (Å²) in [6.07, 6.45) is 0.664. The molecule has 2 aromatic rings. The lowest BCUT2D eigenvalue weighted by Gasteiger charge is -2.00. The van der Waals surface area contributed by atoms with E-state index in [4.69, 9.17) is 14.4 Å². The zero-order valence-corrected chi connectivity index (χ0v) is 9.01. The summed E-state index contributed by atoms with van der Waals surface area (Å²) in [5.41, 5.74) is 1.67. The van der Waals surface area contributed by atoms with E-state index in [9.17, 15) is 0 Å². The molecular formula is C12H13NO3. The molecule has 4 heteroatoms. The number of ether oxygens (including phenoxy) is 1. The first-order valence-corrected chi connectivity index (χ1v) is 5.00. The first kappa shape index (κ1) is 10.7. The van der Waals surface area contributed by atoms with Crippen molar-refractivity contribution in [2.75, 3.05) is 7.11 Å². The van der Waals surface area contributed by atoms with Crippen LogP contribution in [0.3, 0.4) is 0 Å². The van der Waals surface area contributed by atoms with Crippen molar-refractivity contribution in [2.24, 2.45) is 0 Å².